The van der Waals surface area contributed by atoms with Crippen LogP contribution >= 0.6 is 11.3 Å². The van der Waals surface area contributed by atoms with Crippen LogP contribution in [0.15, 0.2) is 47.3 Å². The van der Waals surface area contributed by atoms with Crippen LogP contribution in [0.4, 0.5) is 5.69 Å². The molecule has 1 aromatic heterocycles. The summed E-state index contributed by atoms with van der Waals surface area (Å²) in [7, 11) is 1.56. The zero-order valence-electron chi connectivity index (χ0n) is 15.0. The standard InChI is InChI=1S/C21H20N2O3S/c1-25-20-10-16(6-8-19(20)26-11-18-12-27-13-22-18)21(24)23-17-7-5-14-3-2-4-15(14)9-17/h5-10,12-13H,2-4,11H2,1H3,(H,23,24). The van der Waals surface area contributed by atoms with E-state index in [2.05, 4.69) is 22.4 Å². The zero-order valence-corrected chi connectivity index (χ0v) is 15.8. The molecule has 1 heterocycles. The first kappa shape index (κ1) is 17.5. The van der Waals surface area contributed by atoms with E-state index in [1.807, 2.05) is 11.4 Å². The highest BCUT2D eigenvalue weighted by molar-refractivity contribution is 7.07. The topological polar surface area (TPSA) is 60.5 Å². The van der Waals surface area contributed by atoms with Crippen molar-refractivity contribution < 1.29 is 14.3 Å². The molecule has 6 heteroatoms. The first-order valence-electron chi connectivity index (χ1n) is 8.84. The van der Waals surface area contributed by atoms with Crippen molar-refractivity contribution >= 4 is 22.9 Å². The molecule has 27 heavy (non-hydrogen) atoms. The molecule has 1 N–H and O–H groups in total. The van der Waals surface area contributed by atoms with Crippen LogP contribution in [0.2, 0.25) is 0 Å². The largest absolute Gasteiger partial charge is 0.493 e. The molecule has 0 atom stereocenters. The lowest BCUT2D eigenvalue weighted by Crippen LogP contribution is -2.12. The van der Waals surface area contributed by atoms with Crippen molar-refractivity contribution in [3.05, 3.63) is 69.7 Å². The number of aromatic nitrogens is 1. The van der Waals surface area contributed by atoms with Gasteiger partial charge < -0.3 is 14.8 Å². The molecule has 0 bridgehead atoms. The average Bonchev–Trinajstić information content (AvgIpc) is 3.37. The van der Waals surface area contributed by atoms with Gasteiger partial charge in [0.1, 0.15) is 6.61 Å². The Bertz CT molecular complexity index is 954. The van der Waals surface area contributed by atoms with E-state index >= 15 is 0 Å². The Labute approximate surface area is 162 Å². The van der Waals surface area contributed by atoms with Gasteiger partial charge in [-0.05, 0) is 60.7 Å². The Morgan fingerprint density at radius 1 is 1.15 bits per heavy atom. The number of rotatable bonds is 6. The summed E-state index contributed by atoms with van der Waals surface area (Å²) in [6.07, 6.45) is 3.40. The molecular formula is C21H20N2O3S. The lowest BCUT2D eigenvalue weighted by atomic mass is 10.1. The average molecular weight is 380 g/mol. The van der Waals surface area contributed by atoms with Crippen molar-refractivity contribution in [2.24, 2.45) is 0 Å². The molecule has 0 spiro atoms. The Hall–Kier alpha value is -2.86. The molecule has 0 unspecified atom stereocenters. The van der Waals surface area contributed by atoms with Crippen LogP contribution in [0, 0.1) is 0 Å². The lowest BCUT2D eigenvalue weighted by Gasteiger charge is -2.12. The number of aryl methyl sites for hydroxylation is 2. The summed E-state index contributed by atoms with van der Waals surface area (Å²) in [5.74, 6) is 0.934. The van der Waals surface area contributed by atoms with Crippen molar-refractivity contribution in [3.8, 4) is 11.5 Å². The molecule has 0 saturated carbocycles. The fourth-order valence-corrected chi connectivity index (χ4v) is 3.78. The van der Waals surface area contributed by atoms with E-state index in [1.54, 1.807) is 30.8 Å². The van der Waals surface area contributed by atoms with Crippen molar-refractivity contribution in [1.82, 2.24) is 4.98 Å². The number of carbonyl (C=O) groups excluding carboxylic acids is 1. The molecule has 138 valence electrons. The quantitative estimate of drug-likeness (QED) is 0.685. The number of hydrogen-bond acceptors (Lipinski definition) is 5. The van der Waals surface area contributed by atoms with Gasteiger partial charge in [0.15, 0.2) is 11.5 Å². The fourth-order valence-electron chi connectivity index (χ4n) is 3.24. The first-order chi connectivity index (χ1) is 13.2. The highest BCUT2D eigenvalue weighted by Crippen LogP contribution is 2.30. The molecule has 0 radical (unpaired) electrons. The van der Waals surface area contributed by atoms with Gasteiger partial charge in [0.2, 0.25) is 0 Å². The summed E-state index contributed by atoms with van der Waals surface area (Å²) in [4.78, 5) is 16.8. The van der Waals surface area contributed by atoms with Gasteiger partial charge in [-0.3, -0.25) is 4.79 Å². The minimum absolute atomic E-state index is 0.169. The second-order valence-corrected chi connectivity index (χ2v) is 7.14. The Kier molecular flexibility index (Phi) is 5.07. The number of fused-ring (bicyclic) bond motifs is 1. The minimum Gasteiger partial charge on any atom is -0.493 e. The zero-order chi connectivity index (χ0) is 18.6. The number of methoxy groups -OCH3 is 1. The van der Waals surface area contributed by atoms with Crippen molar-refractivity contribution in [1.29, 1.82) is 0 Å². The molecule has 4 rings (SSSR count). The number of thiazole rings is 1. The molecule has 0 aliphatic heterocycles. The third-order valence-electron chi connectivity index (χ3n) is 4.64. The third kappa shape index (κ3) is 3.95. The van der Waals surface area contributed by atoms with E-state index in [0.29, 0.717) is 23.7 Å². The van der Waals surface area contributed by atoms with Gasteiger partial charge in [-0.2, -0.15) is 0 Å². The second-order valence-electron chi connectivity index (χ2n) is 6.43. The monoisotopic (exact) mass is 380 g/mol. The summed E-state index contributed by atoms with van der Waals surface area (Å²) in [6.45, 7) is 0.362. The molecule has 1 aliphatic carbocycles. The highest BCUT2D eigenvalue weighted by Gasteiger charge is 2.14. The highest BCUT2D eigenvalue weighted by atomic mass is 32.1. The van der Waals surface area contributed by atoms with Crippen molar-refractivity contribution in [2.75, 3.05) is 12.4 Å². The number of amides is 1. The van der Waals surface area contributed by atoms with Crippen LogP contribution in [-0.2, 0) is 19.4 Å². The van der Waals surface area contributed by atoms with E-state index < -0.39 is 0 Å². The van der Waals surface area contributed by atoms with Gasteiger partial charge in [0, 0.05) is 16.6 Å². The first-order valence-corrected chi connectivity index (χ1v) is 9.78. The number of nitrogens with one attached hydrogen (secondary N) is 1. The van der Waals surface area contributed by atoms with Crippen LogP contribution in [0.1, 0.15) is 33.6 Å². The Morgan fingerprint density at radius 3 is 2.85 bits per heavy atom. The van der Waals surface area contributed by atoms with Gasteiger partial charge in [0.05, 0.1) is 18.3 Å². The number of ether oxygens (including phenoxy) is 2. The van der Waals surface area contributed by atoms with Crippen molar-refractivity contribution in [2.45, 2.75) is 25.9 Å². The van der Waals surface area contributed by atoms with Crippen LogP contribution in [0.5, 0.6) is 11.5 Å². The minimum atomic E-state index is -0.169. The van der Waals surface area contributed by atoms with E-state index in [0.717, 1.165) is 24.2 Å². The van der Waals surface area contributed by atoms with Gasteiger partial charge in [-0.1, -0.05) is 6.07 Å². The second kappa shape index (κ2) is 7.80. The molecule has 1 aliphatic rings. The van der Waals surface area contributed by atoms with Gasteiger partial charge in [0.25, 0.3) is 5.91 Å². The summed E-state index contributed by atoms with van der Waals surface area (Å²) in [5, 5.41) is 4.90. The van der Waals surface area contributed by atoms with Gasteiger partial charge in [-0.15, -0.1) is 11.3 Å². The summed E-state index contributed by atoms with van der Waals surface area (Å²) >= 11 is 1.52. The smallest absolute Gasteiger partial charge is 0.255 e. The van der Waals surface area contributed by atoms with E-state index in [-0.39, 0.29) is 5.91 Å². The van der Waals surface area contributed by atoms with E-state index in [1.165, 1.54) is 28.9 Å². The van der Waals surface area contributed by atoms with E-state index in [4.69, 9.17) is 9.47 Å². The van der Waals surface area contributed by atoms with Crippen LogP contribution in [-0.4, -0.2) is 18.0 Å². The maximum Gasteiger partial charge on any atom is 0.255 e. The summed E-state index contributed by atoms with van der Waals surface area (Å²) in [5.41, 5.74) is 6.69. The number of benzene rings is 2. The molecular weight excluding hydrogens is 360 g/mol. The van der Waals surface area contributed by atoms with Crippen LogP contribution < -0.4 is 14.8 Å². The molecule has 5 nitrogen and oxygen atoms in total. The predicted octanol–water partition coefficient (Wildman–Crippen LogP) is 4.47. The molecule has 3 aromatic rings. The number of carbonyl (C=O) groups is 1. The summed E-state index contributed by atoms with van der Waals surface area (Å²) in [6, 6.07) is 11.3. The van der Waals surface area contributed by atoms with Crippen LogP contribution in [0.3, 0.4) is 0 Å². The molecule has 0 saturated heterocycles. The van der Waals surface area contributed by atoms with Gasteiger partial charge >= 0.3 is 0 Å². The number of nitrogens with zero attached hydrogens (tertiary/aromatic N) is 1. The van der Waals surface area contributed by atoms with Gasteiger partial charge in [-0.25, -0.2) is 4.98 Å². The van der Waals surface area contributed by atoms with E-state index in [9.17, 15) is 4.79 Å². The predicted molar refractivity (Wildman–Crippen MR) is 106 cm³/mol. The lowest BCUT2D eigenvalue weighted by molar-refractivity contribution is 0.102. The maximum atomic E-state index is 12.6. The molecule has 0 fully saturated rings. The maximum absolute atomic E-state index is 12.6. The molecule has 1 amide bonds. The van der Waals surface area contributed by atoms with Crippen LogP contribution in [0.25, 0.3) is 0 Å². The third-order valence-corrected chi connectivity index (χ3v) is 5.28. The Balaban J connectivity index is 1.47. The summed E-state index contributed by atoms with van der Waals surface area (Å²) < 4.78 is 11.2. The number of hydrogen-bond donors (Lipinski definition) is 1. The molecule has 2 aromatic carbocycles. The Morgan fingerprint density at radius 2 is 2.04 bits per heavy atom. The normalized spacial score (nSPS) is 12.5. The van der Waals surface area contributed by atoms with Crippen molar-refractivity contribution in [3.63, 3.8) is 0 Å². The SMILES string of the molecule is COc1cc(C(=O)Nc2ccc3c(c2)CCC3)ccc1OCc1cscn1. The fraction of sp³-hybridized carbons (Fsp3) is 0.238. The number of anilines is 1.